The van der Waals surface area contributed by atoms with Crippen molar-refractivity contribution < 1.29 is 18.3 Å². The smallest absolute Gasteiger partial charge is 0.223 e. The number of amides is 1. The highest BCUT2D eigenvalue weighted by Gasteiger charge is 2.63. The molecule has 0 radical (unpaired) electrons. The Labute approximate surface area is 153 Å². The number of carbonyl (C=O) groups is 1. The summed E-state index contributed by atoms with van der Waals surface area (Å²) in [5.74, 6) is -0.736. The highest BCUT2D eigenvalue weighted by atomic mass is 19.2. The molecule has 1 aromatic carbocycles. The van der Waals surface area contributed by atoms with Gasteiger partial charge in [0.2, 0.25) is 5.91 Å². The molecule has 3 aliphatic rings. The van der Waals surface area contributed by atoms with E-state index in [2.05, 4.69) is 19.0 Å². The van der Waals surface area contributed by atoms with E-state index in [0.29, 0.717) is 42.9 Å². The zero-order valence-electron chi connectivity index (χ0n) is 15.4. The molecule has 0 aromatic heterocycles. The Kier molecular flexibility index (Phi) is 4.51. The molecule has 26 heavy (non-hydrogen) atoms. The van der Waals surface area contributed by atoms with Crippen molar-refractivity contribution in [3.63, 3.8) is 0 Å². The second kappa shape index (κ2) is 6.57. The molecule has 0 N–H and O–H groups in total. The zero-order valence-corrected chi connectivity index (χ0v) is 15.4. The molecule has 1 amide bonds. The first kappa shape index (κ1) is 17.9. The minimum absolute atomic E-state index is 0.0779. The Bertz CT molecular complexity index is 711. The van der Waals surface area contributed by atoms with Crippen LogP contribution in [0.4, 0.5) is 8.78 Å². The molecular formula is C20H26F2N2O2. The first-order chi connectivity index (χ1) is 12.4. The van der Waals surface area contributed by atoms with Crippen LogP contribution in [0.2, 0.25) is 0 Å². The highest BCUT2D eigenvalue weighted by Crippen LogP contribution is 2.54. The number of ether oxygens (including phenoxy) is 1. The van der Waals surface area contributed by atoms with Crippen LogP contribution in [-0.4, -0.2) is 61.1 Å². The number of hydrogen-bond acceptors (Lipinski definition) is 3. The van der Waals surface area contributed by atoms with E-state index in [0.717, 1.165) is 32.0 Å². The number of fused-ring (bicyclic) bond motifs is 1. The quantitative estimate of drug-likeness (QED) is 0.805. The first-order valence-electron chi connectivity index (χ1n) is 9.42. The van der Waals surface area contributed by atoms with Gasteiger partial charge in [0.05, 0.1) is 18.2 Å². The van der Waals surface area contributed by atoms with E-state index >= 15 is 0 Å². The third-order valence-electron chi connectivity index (χ3n) is 6.32. The van der Waals surface area contributed by atoms with E-state index < -0.39 is 11.6 Å². The minimum Gasteiger partial charge on any atom is -0.369 e. The molecule has 4 rings (SSSR count). The number of likely N-dealkylation sites (tertiary alicyclic amines) is 1. The molecule has 1 spiro atoms. The number of benzene rings is 1. The lowest BCUT2D eigenvalue weighted by Crippen LogP contribution is -2.40. The van der Waals surface area contributed by atoms with Crippen LogP contribution in [-0.2, 0) is 16.0 Å². The summed E-state index contributed by atoms with van der Waals surface area (Å²) in [4.78, 5) is 16.8. The Morgan fingerprint density at radius 1 is 1.35 bits per heavy atom. The van der Waals surface area contributed by atoms with Gasteiger partial charge in [0.1, 0.15) is 0 Å². The fourth-order valence-electron chi connectivity index (χ4n) is 5.15. The number of aryl methyl sites for hydroxylation is 1. The van der Waals surface area contributed by atoms with E-state index in [4.69, 9.17) is 4.74 Å². The average Bonchev–Trinajstić information content (AvgIpc) is 3.25. The van der Waals surface area contributed by atoms with Crippen LogP contribution in [0.1, 0.15) is 24.8 Å². The Hall–Kier alpha value is -1.53. The molecule has 3 aliphatic heterocycles. The summed E-state index contributed by atoms with van der Waals surface area (Å²) in [6.07, 6.45) is 3.21. The maximum atomic E-state index is 13.3. The van der Waals surface area contributed by atoms with Crippen LogP contribution in [0, 0.1) is 23.5 Å². The molecule has 6 heteroatoms. The molecule has 1 aromatic rings. The summed E-state index contributed by atoms with van der Waals surface area (Å²) in [6.45, 7) is 2.42. The lowest BCUT2D eigenvalue weighted by molar-refractivity contribution is -0.131. The van der Waals surface area contributed by atoms with E-state index in [1.54, 1.807) is 6.07 Å². The summed E-state index contributed by atoms with van der Waals surface area (Å²) >= 11 is 0. The van der Waals surface area contributed by atoms with Gasteiger partial charge in [-0.2, -0.15) is 0 Å². The minimum atomic E-state index is -0.860. The molecule has 4 atom stereocenters. The Morgan fingerprint density at radius 3 is 2.88 bits per heavy atom. The maximum Gasteiger partial charge on any atom is 0.223 e. The van der Waals surface area contributed by atoms with Crippen molar-refractivity contribution >= 4 is 5.91 Å². The molecular weight excluding hydrogens is 338 g/mol. The zero-order chi connectivity index (χ0) is 18.5. The highest BCUT2D eigenvalue weighted by molar-refractivity contribution is 5.77. The van der Waals surface area contributed by atoms with Gasteiger partial charge in [0, 0.05) is 31.3 Å². The van der Waals surface area contributed by atoms with Gasteiger partial charge in [0.25, 0.3) is 0 Å². The van der Waals surface area contributed by atoms with Crippen LogP contribution in [0.15, 0.2) is 18.2 Å². The predicted molar refractivity (Wildman–Crippen MR) is 93.6 cm³/mol. The second-order valence-corrected chi connectivity index (χ2v) is 8.32. The molecule has 0 saturated carbocycles. The van der Waals surface area contributed by atoms with Gasteiger partial charge in [0.15, 0.2) is 11.6 Å². The normalized spacial score (nSPS) is 32.5. The van der Waals surface area contributed by atoms with Crippen molar-refractivity contribution in [3.8, 4) is 0 Å². The van der Waals surface area contributed by atoms with Crippen molar-refractivity contribution in [1.82, 2.24) is 9.80 Å². The predicted octanol–water partition coefficient (Wildman–Crippen LogP) is 2.47. The average molecular weight is 364 g/mol. The van der Waals surface area contributed by atoms with Crippen LogP contribution >= 0.6 is 0 Å². The van der Waals surface area contributed by atoms with Crippen molar-refractivity contribution in [3.05, 3.63) is 35.4 Å². The molecule has 3 heterocycles. The maximum absolute atomic E-state index is 13.3. The summed E-state index contributed by atoms with van der Waals surface area (Å²) in [7, 11) is 4.16. The molecule has 0 unspecified atom stereocenters. The fraction of sp³-hybridized carbons (Fsp3) is 0.650. The van der Waals surface area contributed by atoms with Gasteiger partial charge in [-0.05, 0) is 51.1 Å². The summed E-state index contributed by atoms with van der Waals surface area (Å²) in [5, 5.41) is 0. The number of halogens is 2. The van der Waals surface area contributed by atoms with Crippen LogP contribution < -0.4 is 0 Å². The summed E-state index contributed by atoms with van der Waals surface area (Å²) in [6, 6.07) is 3.84. The standard InChI is InChI=1S/C20H26F2N2O2/c1-23(2)10-14-15-11-24(12-20(15)8-7-18(14)26-20)19(25)6-4-13-3-5-16(21)17(22)9-13/h3,5,9,14-15,18H,4,6-8,10-12H2,1-2H3/t14-,15+,18+,20+/m0/s1. The molecule has 142 valence electrons. The third kappa shape index (κ3) is 3.03. The number of carbonyl (C=O) groups excluding carboxylic acids is 1. The monoisotopic (exact) mass is 364 g/mol. The van der Waals surface area contributed by atoms with Crippen molar-refractivity contribution in [2.75, 3.05) is 33.7 Å². The molecule has 3 fully saturated rings. The fourth-order valence-corrected chi connectivity index (χ4v) is 5.15. The molecule has 4 nitrogen and oxygen atoms in total. The molecule has 3 saturated heterocycles. The molecule has 0 aliphatic carbocycles. The summed E-state index contributed by atoms with van der Waals surface area (Å²) in [5.41, 5.74) is 0.501. The SMILES string of the molecule is CN(C)C[C@H]1[C@H]2CN(C(=O)CCc3ccc(F)c(F)c3)C[C@]23CC[C@H]1O3. The van der Waals surface area contributed by atoms with Crippen LogP contribution in [0.5, 0.6) is 0 Å². The van der Waals surface area contributed by atoms with E-state index in [-0.39, 0.29) is 11.5 Å². The lowest BCUT2D eigenvalue weighted by atomic mass is 9.73. The van der Waals surface area contributed by atoms with Gasteiger partial charge < -0.3 is 14.5 Å². The Balaban J connectivity index is 1.39. The number of rotatable bonds is 5. The van der Waals surface area contributed by atoms with Gasteiger partial charge in [-0.3, -0.25) is 4.79 Å². The van der Waals surface area contributed by atoms with Gasteiger partial charge >= 0.3 is 0 Å². The number of hydrogen-bond donors (Lipinski definition) is 0. The van der Waals surface area contributed by atoms with Gasteiger partial charge in [-0.25, -0.2) is 8.78 Å². The van der Waals surface area contributed by atoms with E-state index in [1.807, 2.05) is 4.90 Å². The molecule has 2 bridgehead atoms. The van der Waals surface area contributed by atoms with E-state index in [9.17, 15) is 13.6 Å². The van der Waals surface area contributed by atoms with E-state index in [1.165, 1.54) is 6.07 Å². The largest absolute Gasteiger partial charge is 0.369 e. The lowest BCUT2D eigenvalue weighted by Gasteiger charge is -2.30. The van der Waals surface area contributed by atoms with Crippen LogP contribution in [0.3, 0.4) is 0 Å². The Morgan fingerprint density at radius 2 is 2.15 bits per heavy atom. The number of nitrogens with zero attached hydrogens (tertiary/aromatic N) is 2. The van der Waals surface area contributed by atoms with Crippen LogP contribution in [0.25, 0.3) is 0 Å². The van der Waals surface area contributed by atoms with Crippen molar-refractivity contribution in [2.24, 2.45) is 11.8 Å². The van der Waals surface area contributed by atoms with Gasteiger partial charge in [-0.1, -0.05) is 6.07 Å². The van der Waals surface area contributed by atoms with Crippen molar-refractivity contribution in [1.29, 1.82) is 0 Å². The third-order valence-corrected chi connectivity index (χ3v) is 6.32. The van der Waals surface area contributed by atoms with Crippen molar-refractivity contribution in [2.45, 2.75) is 37.4 Å². The van der Waals surface area contributed by atoms with Gasteiger partial charge in [-0.15, -0.1) is 0 Å². The first-order valence-corrected chi connectivity index (χ1v) is 9.42. The second-order valence-electron chi connectivity index (χ2n) is 8.32. The topological polar surface area (TPSA) is 32.8 Å². The summed E-state index contributed by atoms with van der Waals surface area (Å²) < 4.78 is 32.7.